The predicted octanol–water partition coefficient (Wildman–Crippen LogP) is 2.65. The van der Waals surface area contributed by atoms with E-state index in [9.17, 15) is 4.79 Å². The lowest BCUT2D eigenvalue weighted by atomic mass is 10.2. The van der Waals surface area contributed by atoms with E-state index in [4.69, 9.17) is 25.5 Å². The lowest BCUT2D eigenvalue weighted by Gasteiger charge is -2.06. The summed E-state index contributed by atoms with van der Waals surface area (Å²) in [6, 6.07) is 10.6. The molecule has 0 aliphatic carbocycles. The lowest BCUT2D eigenvalue weighted by Crippen LogP contribution is -2.24. The van der Waals surface area contributed by atoms with Crippen LogP contribution in [0.1, 0.15) is 25.2 Å². The molecule has 29 heavy (non-hydrogen) atoms. The fourth-order valence-corrected chi connectivity index (χ4v) is 2.07. The smallest absolute Gasteiger partial charge is 0.437 e. The first-order valence-electron chi connectivity index (χ1n) is 8.81. The van der Waals surface area contributed by atoms with Crippen molar-refractivity contribution in [2.45, 2.75) is 27.1 Å². The number of nitrogens with zero attached hydrogens (tertiary/aromatic N) is 4. The standard InChI is InChI=1S/C17H16N6O4.C2H6/c18-16(19)22-17(24)26-9-12-2-1-3-14(21-12)11-4-5-15(20-8-11)25-10-13-6-7-27-23-13;1-2/h1-8H,9-10H2,(H4,18,19,22,24);1-2H3. The summed E-state index contributed by atoms with van der Waals surface area (Å²) in [5.41, 5.74) is 12.9. The van der Waals surface area contributed by atoms with Gasteiger partial charge in [0.25, 0.3) is 0 Å². The van der Waals surface area contributed by atoms with Crippen molar-refractivity contribution in [3.05, 3.63) is 60.2 Å². The number of carbonyl (C=O) groups excluding carboxylic acids is 1. The molecule has 152 valence electrons. The van der Waals surface area contributed by atoms with Crippen LogP contribution in [-0.2, 0) is 18.0 Å². The molecule has 3 rings (SSSR count). The van der Waals surface area contributed by atoms with Crippen LogP contribution in [0.3, 0.4) is 0 Å². The van der Waals surface area contributed by atoms with E-state index in [0.717, 1.165) is 5.56 Å². The highest BCUT2D eigenvalue weighted by Crippen LogP contribution is 2.19. The minimum atomic E-state index is -0.877. The Kier molecular flexibility index (Phi) is 8.11. The molecule has 0 bridgehead atoms. The maximum Gasteiger partial charge on any atom is 0.437 e. The molecule has 0 aliphatic heterocycles. The van der Waals surface area contributed by atoms with Crippen LogP contribution in [0, 0.1) is 0 Å². The van der Waals surface area contributed by atoms with Crippen molar-refractivity contribution < 1.29 is 18.8 Å². The molecule has 10 heteroatoms. The third-order valence-corrected chi connectivity index (χ3v) is 3.26. The number of amides is 1. The van der Waals surface area contributed by atoms with Gasteiger partial charge in [0.05, 0.1) is 11.4 Å². The maximum absolute atomic E-state index is 11.3. The number of hydrogen-bond donors (Lipinski definition) is 2. The Balaban J connectivity index is 0.00000145. The second-order valence-electron chi connectivity index (χ2n) is 5.27. The van der Waals surface area contributed by atoms with Crippen LogP contribution in [0.2, 0.25) is 0 Å². The van der Waals surface area contributed by atoms with Gasteiger partial charge in [0, 0.05) is 23.9 Å². The third-order valence-electron chi connectivity index (χ3n) is 3.26. The van der Waals surface area contributed by atoms with E-state index >= 15 is 0 Å². The van der Waals surface area contributed by atoms with Crippen molar-refractivity contribution in [3.8, 4) is 17.1 Å². The Morgan fingerprint density at radius 3 is 2.59 bits per heavy atom. The second-order valence-corrected chi connectivity index (χ2v) is 5.27. The minimum Gasteiger partial charge on any atom is -0.471 e. The topological polar surface area (TPSA) is 152 Å². The SMILES string of the molecule is CC.NC(N)=NC(=O)OCc1cccc(-c2ccc(OCc3ccon3)nc2)n1. The summed E-state index contributed by atoms with van der Waals surface area (Å²) < 4.78 is 15.2. The summed E-state index contributed by atoms with van der Waals surface area (Å²) >= 11 is 0. The highest BCUT2D eigenvalue weighted by Gasteiger charge is 2.06. The van der Waals surface area contributed by atoms with Gasteiger partial charge < -0.3 is 25.5 Å². The maximum atomic E-state index is 11.3. The van der Waals surface area contributed by atoms with Crippen molar-refractivity contribution in [2.75, 3.05) is 0 Å². The Morgan fingerprint density at radius 1 is 1.10 bits per heavy atom. The second kappa shape index (κ2) is 11.0. The monoisotopic (exact) mass is 398 g/mol. The molecule has 4 N–H and O–H groups in total. The number of nitrogens with two attached hydrogens (primary N) is 2. The first-order chi connectivity index (χ1) is 14.1. The van der Waals surface area contributed by atoms with E-state index < -0.39 is 6.09 Å². The van der Waals surface area contributed by atoms with Crippen LogP contribution < -0.4 is 16.2 Å². The van der Waals surface area contributed by atoms with Crippen LogP contribution in [0.4, 0.5) is 4.79 Å². The summed E-state index contributed by atoms with van der Waals surface area (Å²) in [5.74, 6) is 0.0858. The van der Waals surface area contributed by atoms with Crippen molar-refractivity contribution in [1.82, 2.24) is 15.1 Å². The molecule has 0 radical (unpaired) electrons. The molecule has 0 saturated heterocycles. The Labute approximate surface area is 167 Å². The molecular weight excluding hydrogens is 376 g/mol. The number of pyridine rings is 2. The molecule has 1 amide bonds. The Bertz CT molecular complexity index is 922. The predicted molar refractivity (Wildman–Crippen MR) is 106 cm³/mol. The van der Waals surface area contributed by atoms with Crippen LogP contribution in [0.5, 0.6) is 5.88 Å². The number of rotatable bonds is 6. The zero-order valence-electron chi connectivity index (χ0n) is 16.1. The fourth-order valence-electron chi connectivity index (χ4n) is 2.07. The quantitative estimate of drug-likeness (QED) is 0.471. The van der Waals surface area contributed by atoms with Gasteiger partial charge in [-0.15, -0.1) is 4.99 Å². The summed E-state index contributed by atoms with van der Waals surface area (Å²) in [6.07, 6.45) is 2.23. The van der Waals surface area contributed by atoms with Gasteiger partial charge >= 0.3 is 6.09 Å². The molecule has 0 spiro atoms. The van der Waals surface area contributed by atoms with Gasteiger partial charge in [-0.1, -0.05) is 25.1 Å². The van der Waals surface area contributed by atoms with Gasteiger partial charge in [-0.25, -0.2) is 14.8 Å². The van der Waals surface area contributed by atoms with Crippen molar-refractivity contribution in [2.24, 2.45) is 16.5 Å². The number of aliphatic imine (C=N–C) groups is 1. The highest BCUT2D eigenvalue weighted by molar-refractivity contribution is 5.87. The molecule has 0 aliphatic rings. The van der Waals surface area contributed by atoms with E-state index in [2.05, 4.69) is 20.1 Å². The molecule has 0 fully saturated rings. The van der Waals surface area contributed by atoms with E-state index in [-0.39, 0.29) is 19.2 Å². The van der Waals surface area contributed by atoms with Crippen LogP contribution in [0.25, 0.3) is 11.3 Å². The van der Waals surface area contributed by atoms with Crippen molar-refractivity contribution in [1.29, 1.82) is 0 Å². The fraction of sp³-hybridized carbons (Fsp3) is 0.211. The van der Waals surface area contributed by atoms with E-state index in [1.165, 1.54) is 6.26 Å². The Morgan fingerprint density at radius 2 is 1.93 bits per heavy atom. The number of carbonyl (C=O) groups is 1. The average Bonchev–Trinajstić information content (AvgIpc) is 3.26. The van der Waals surface area contributed by atoms with Gasteiger partial charge in [-0.05, 0) is 18.2 Å². The first-order valence-corrected chi connectivity index (χ1v) is 8.81. The van der Waals surface area contributed by atoms with Crippen LogP contribution in [-0.4, -0.2) is 27.2 Å². The molecule has 0 saturated carbocycles. The molecule has 3 aromatic heterocycles. The zero-order valence-corrected chi connectivity index (χ0v) is 16.1. The van der Waals surface area contributed by atoms with Crippen molar-refractivity contribution >= 4 is 12.1 Å². The van der Waals surface area contributed by atoms with Gasteiger partial charge in [0.2, 0.25) is 5.88 Å². The molecular formula is C19H22N6O4. The molecule has 0 unspecified atom stereocenters. The summed E-state index contributed by atoms with van der Waals surface area (Å²) in [4.78, 5) is 23.3. The first kappa shape index (κ1) is 21.4. The van der Waals surface area contributed by atoms with Gasteiger partial charge in [-0.3, -0.25) is 0 Å². The summed E-state index contributed by atoms with van der Waals surface area (Å²) in [5, 5.41) is 3.76. The molecule has 3 aromatic rings. The van der Waals surface area contributed by atoms with Gasteiger partial charge in [0.15, 0.2) is 5.96 Å². The van der Waals surface area contributed by atoms with E-state index in [0.29, 0.717) is 23.0 Å². The van der Waals surface area contributed by atoms with Crippen LogP contribution >= 0.6 is 0 Å². The largest absolute Gasteiger partial charge is 0.471 e. The normalized spacial score (nSPS) is 9.72. The molecule has 0 atom stereocenters. The molecule has 3 heterocycles. The van der Waals surface area contributed by atoms with E-state index in [1.54, 1.807) is 30.5 Å². The molecule has 10 nitrogen and oxygen atoms in total. The minimum absolute atomic E-state index is 0.0597. The number of aromatic nitrogens is 3. The van der Waals surface area contributed by atoms with Gasteiger partial charge in [-0.2, -0.15) is 0 Å². The van der Waals surface area contributed by atoms with Crippen LogP contribution in [0.15, 0.2) is 58.4 Å². The molecule has 0 aromatic carbocycles. The number of guanidine groups is 1. The number of ether oxygens (including phenoxy) is 2. The lowest BCUT2D eigenvalue weighted by molar-refractivity contribution is 0.149. The van der Waals surface area contributed by atoms with Crippen molar-refractivity contribution in [3.63, 3.8) is 0 Å². The number of hydrogen-bond acceptors (Lipinski definition) is 7. The average molecular weight is 398 g/mol. The zero-order chi connectivity index (χ0) is 21.1. The van der Waals surface area contributed by atoms with E-state index in [1.807, 2.05) is 26.0 Å². The third kappa shape index (κ3) is 6.94. The Hall–Kier alpha value is -3.95. The summed E-state index contributed by atoms with van der Waals surface area (Å²) in [7, 11) is 0. The summed E-state index contributed by atoms with van der Waals surface area (Å²) in [6.45, 7) is 4.20. The van der Waals surface area contributed by atoms with Gasteiger partial charge in [0.1, 0.15) is 25.2 Å². The highest BCUT2D eigenvalue weighted by atomic mass is 16.5.